The number of hydrogen-bond acceptors (Lipinski definition) is 6. The lowest BCUT2D eigenvalue weighted by Gasteiger charge is -2.63. The molecule has 0 aliphatic heterocycles. The molecule has 0 aromatic carbocycles. The lowest BCUT2D eigenvalue weighted by atomic mass is 9.41. The molecule has 37 heavy (non-hydrogen) atoms. The number of carbonyl (C=O) groups is 1. The Balaban J connectivity index is 1.41. The van der Waals surface area contributed by atoms with Crippen LogP contribution in [0.25, 0.3) is 0 Å². The van der Waals surface area contributed by atoms with Crippen molar-refractivity contribution in [1.82, 2.24) is 0 Å². The molecule has 0 aromatic rings. The minimum Gasteiger partial charge on any atom is -0.726 e. The van der Waals surface area contributed by atoms with E-state index in [9.17, 15) is 22.9 Å². The summed E-state index contributed by atoms with van der Waals surface area (Å²) in [5, 5.41) is 10.5. The Hall–Kier alpha value is -0.760. The first kappa shape index (κ1) is 27.8. The number of allylic oxidation sites excluding steroid dienone is 2. The van der Waals surface area contributed by atoms with E-state index in [1.54, 1.807) is 6.08 Å². The Morgan fingerprint density at radius 2 is 1.65 bits per heavy atom. The highest BCUT2D eigenvalue weighted by Crippen LogP contribution is 2.89. The summed E-state index contributed by atoms with van der Waals surface area (Å²) in [5.74, 6) is 1.96. The lowest BCUT2D eigenvalue weighted by Crippen LogP contribution is -2.59. The molecule has 10 atom stereocenters. The predicted octanol–water partition coefficient (Wildman–Crippen LogP) is 5.80. The molecule has 0 bridgehead atoms. The van der Waals surface area contributed by atoms with Gasteiger partial charge in [-0.05, 0) is 123 Å². The maximum Gasteiger partial charge on any atom is 0.217 e. The van der Waals surface area contributed by atoms with Crippen LogP contribution in [0.4, 0.5) is 0 Å². The number of aliphatic hydroxyl groups is 1. The fourth-order valence-corrected chi connectivity index (χ4v) is 12.1. The van der Waals surface area contributed by atoms with Crippen LogP contribution in [-0.2, 0) is 19.4 Å². The molecule has 5 aliphatic carbocycles. The zero-order chi connectivity index (χ0) is 27.2. The van der Waals surface area contributed by atoms with Gasteiger partial charge in [0.25, 0.3) is 0 Å². The number of ketones is 1. The number of hydrogen-bond donors (Lipinski definition) is 1. The summed E-state index contributed by atoms with van der Waals surface area (Å²) in [6.45, 7) is 13.1. The molecule has 6 nitrogen and oxygen atoms in total. The van der Waals surface area contributed by atoms with Gasteiger partial charge in [0.2, 0.25) is 10.4 Å². The van der Waals surface area contributed by atoms with Gasteiger partial charge >= 0.3 is 0 Å². The summed E-state index contributed by atoms with van der Waals surface area (Å²) in [6, 6.07) is 0. The van der Waals surface area contributed by atoms with E-state index in [1.165, 1.54) is 25.7 Å². The highest BCUT2D eigenvalue weighted by Gasteiger charge is 2.82. The second-order valence-electron chi connectivity index (χ2n) is 14.7. The van der Waals surface area contributed by atoms with Crippen molar-refractivity contribution in [2.75, 3.05) is 6.61 Å². The molecule has 2 spiro atoms. The van der Waals surface area contributed by atoms with E-state index in [0.29, 0.717) is 30.6 Å². The van der Waals surface area contributed by atoms with Gasteiger partial charge in [0.1, 0.15) is 0 Å². The van der Waals surface area contributed by atoms with Gasteiger partial charge in [-0.25, -0.2) is 8.42 Å². The van der Waals surface area contributed by atoms with Gasteiger partial charge < -0.3 is 9.66 Å². The Morgan fingerprint density at radius 1 is 1.00 bits per heavy atom. The van der Waals surface area contributed by atoms with Crippen LogP contribution in [0.3, 0.4) is 0 Å². The number of carbonyl (C=O) groups excluding carboxylic acids is 1. The standard InChI is InChI=1S/C30H48O6S/c1-19(2)15-21(32)16-20(3)22-9-11-28(6)24-8-7-23-26(4,18-31)25(36-37(33,34)35)10-12-29(23)17-30(24,29)14-13-27(22,28)5/h15,20,22-25,31H,7-14,16-18H2,1-6H3,(H,33,34,35)/p-1/t20-,22-,23?,24+,25+,26+,27-,28+,29-,30+/m1/s1. The molecule has 5 aliphatic rings. The fourth-order valence-electron chi connectivity index (χ4n) is 11.5. The van der Waals surface area contributed by atoms with Crippen LogP contribution in [0.15, 0.2) is 11.6 Å². The third kappa shape index (κ3) is 3.80. The molecule has 210 valence electrons. The van der Waals surface area contributed by atoms with Crippen LogP contribution in [0, 0.1) is 50.7 Å². The molecule has 5 saturated carbocycles. The molecule has 5 fully saturated rings. The molecule has 5 rings (SSSR count). The molecular formula is C30H47O6S-. The van der Waals surface area contributed by atoms with Gasteiger partial charge in [-0.2, -0.15) is 0 Å². The first-order valence-corrected chi connectivity index (χ1v) is 15.8. The largest absolute Gasteiger partial charge is 0.726 e. The predicted molar refractivity (Wildman–Crippen MR) is 141 cm³/mol. The Bertz CT molecular complexity index is 1100. The maximum atomic E-state index is 12.6. The van der Waals surface area contributed by atoms with Crippen molar-refractivity contribution in [2.24, 2.45) is 50.7 Å². The first-order valence-electron chi connectivity index (χ1n) is 14.5. The van der Waals surface area contributed by atoms with E-state index in [4.69, 9.17) is 4.18 Å². The van der Waals surface area contributed by atoms with Crippen molar-refractivity contribution >= 4 is 16.2 Å². The average molecular weight is 536 g/mol. The van der Waals surface area contributed by atoms with Crippen LogP contribution in [-0.4, -0.2) is 36.6 Å². The lowest BCUT2D eigenvalue weighted by molar-refractivity contribution is -0.170. The smallest absolute Gasteiger partial charge is 0.217 e. The van der Waals surface area contributed by atoms with Crippen molar-refractivity contribution in [1.29, 1.82) is 0 Å². The van der Waals surface area contributed by atoms with E-state index in [0.717, 1.165) is 31.3 Å². The zero-order valence-corrected chi connectivity index (χ0v) is 24.5. The van der Waals surface area contributed by atoms with Crippen LogP contribution in [0.5, 0.6) is 0 Å². The topological polar surface area (TPSA) is 104 Å². The van der Waals surface area contributed by atoms with Crippen LogP contribution >= 0.6 is 0 Å². The SMILES string of the molecule is CC(C)=CC(=O)C[C@@H](C)[C@H]1CC[C@@]2(C)[C@@H]3CCC4[C@@]5(CC[C@H](OS(=O)(=O)[O-])[C@@]4(C)CO)C[C@@]35CC[C@]12C. The highest BCUT2D eigenvalue weighted by molar-refractivity contribution is 7.80. The van der Waals surface area contributed by atoms with Gasteiger partial charge in [-0.15, -0.1) is 0 Å². The van der Waals surface area contributed by atoms with E-state index in [2.05, 4.69) is 20.8 Å². The molecule has 0 aromatic heterocycles. The van der Waals surface area contributed by atoms with Crippen LogP contribution in [0.2, 0.25) is 0 Å². The summed E-state index contributed by atoms with van der Waals surface area (Å²) in [5.41, 5.74) is 1.15. The van der Waals surface area contributed by atoms with Gasteiger partial charge in [0.15, 0.2) is 5.78 Å². The van der Waals surface area contributed by atoms with Crippen molar-refractivity contribution < 1.29 is 27.1 Å². The molecule has 1 N–H and O–H groups in total. The fraction of sp³-hybridized carbons (Fsp3) is 0.900. The van der Waals surface area contributed by atoms with Crippen molar-refractivity contribution in [3.05, 3.63) is 11.6 Å². The molecule has 0 saturated heterocycles. The Kier molecular flexibility index (Phi) is 6.47. The zero-order valence-electron chi connectivity index (χ0n) is 23.6. The second-order valence-corrected chi connectivity index (χ2v) is 15.7. The minimum atomic E-state index is -4.82. The third-order valence-electron chi connectivity index (χ3n) is 13.2. The maximum absolute atomic E-state index is 12.6. The number of fused-ring (bicyclic) bond motifs is 2. The summed E-state index contributed by atoms with van der Waals surface area (Å²) >= 11 is 0. The summed E-state index contributed by atoms with van der Waals surface area (Å²) in [7, 11) is -4.82. The van der Waals surface area contributed by atoms with Crippen LogP contribution < -0.4 is 0 Å². The quantitative estimate of drug-likeness (QED) is 0.251. The second kappa shape index (κ2) is 8.62. The van der Waals surface area contributed by atoms with Gasteiger partial charge in [-0.1, -0.05) is 33.3 Å². The van der Waals surface area contributed by atoms with E-state index in [-0.39, 0.29) is 40.0 Å². The normalized spacial score (nSPS) is 49.2. The molecule has 0 heterocycles. The van der Waals surface area contributed by atoms with Gasteiger partial charge in [0, 0.05) is 11.8 Å². The number of aliphatic hydroxyl groups excluding tert-OH is 1. The molecule has 1 unspecified atom stereocenters. The van der Waals surface area contributed by atoms with Gasteiger partial charge in [0.05, 0.1) is 12.7 Å². The average Bonchev–Trinajstić information content (AvgIpc) is 3.36. The molecule has 7 heteroatoms. The summed E-state index contributed by atoms with van der Waals surface area (Å²) < 4.78 is 39.6. The van der Waals surface area contributed by atoms with Gasteiger partial charge in [-0.3, -0.25) is 8.98 Å². The minimum absolute atomic E-state index is 0.118. The summed E-state index contributed by atoms with van der Waals surface area (Å²) in [6.07, 6.45) is 11.0. The molecule has 0 radical (unpaired) electrons. The molecule has 0 amide bonds. The van der Waals surface area contributed by atoms with Crippen molar-refractivity contribution in [2.45, 2.75) is 112 Å². The summed E-state index contributed by atoms with van der Waals surface area (Å²) in [4.78, 5) is 12.6. The third-order valence-corrected chi connectivity index (χ3v) is 13.6. The monoisotopic (exact) mass is 535 g/mol. The van der Waals surface area contributed by atoms with E-state index in [1.807, 2.05) is 20.8 Å². The Morgan fingerprint density at radius 3 is 2.27 bits per heavy atom. The number of rotatable bonds is 7. The van der Waals surface area contributed by atoms with Crippen molar-refractivity contribution in [3.63, 3.8) is 0 Å². The highest BCUT2D eigenvalue weighted by atomic mass is 32.3. The molecular weight excluding hydrogens is 488 g/mol. The van der Waals surface area contributed by atoms with E-state index >= 15 is 0 Å². The first-order chi connectivity index (χ1) is 17.1. The Labute approximate surface area is 224 Å². The van der Waals surface area contributed by atoms with Crippen LogP contribution in [0.1, 0.15) is 106 Å². The van der Waals surface area contributed by atoms with E-state index < -0.39 is 21.9 Å². The van der Waals surface area contributed by atoms with Crippen molar-refractivity contribution in [3.8, 4) is 0 Å².